The van der Waals surface area contributed by atoms with Crippen molar-refractivity contribution in [2.75, 3.05) is 39.4 Å². The Balaban J connectivity index is 1.70. The summed E-state index contributed by atoms with van der Waals surface area (Å²) in [7, 11) is 0. The third-order valence-corrected chi connectivity index (χ3v) is 5.67. The number of hydrogen-bond acceptors (Lipinski definition) is 4. The van der Waals surface area contributed by atoms with Gasteiger partial charge in [-0.05, 0) is 32.8 Å². The highest BCUT2D eigenvalue weighted by atomic mass is 16.5. The van der Waals surface area contributed by atoms with Crippen LogP contribution in [-0.4, -0.2) is 61.1 Å². The van der Waals surface area contributed by atoms with Gasteiger partial charge < -0.3 is 14.1 Å². The van der Waals surface area contributed by atoms with Crippen LogP contribution >= 0.6 is 0 Å². The number of nitrogens with zero attached hydrogens (tertiary/aromatic N) is 2. The maximum atomic E-state index is 13.0. The number of ether oxygens (including phenoxy) is 1. The van der Waals surface area contributed by atoms with Crippen LogP contribution in [0.3, 0.4) is 0 Å². The highest BCUT2D eigenvalue weighted by Gasteiger charge is 2.39. The van der Waals surface area contributed by atoms with Crippen molar-refractivity contribution in [3.63, 3.8) is 0 Å². The fourth-order valence-electron chi connectivity index (χ4n) is 4.25. The van der Waals surface area contributed by atoms with Gasteiger partial charge >= 0.3 is 0 Å². The molecule has 24 heavy (non-hydrogen) atoms. The molecule has 2 fully saturated rings. The topological polar surface area (TPSA) is 45.9 Å². The average Bonchev–Trinajstić information content (AvgIpc) is 3.17. The van der Waals surface area contributed by atoms with E-state index in [0.717, 1.165) is 62.9 Å². The van der Waals surface area contributed by atoms with Gasteiger partial charge in [0.1, 0.15) is 11.5 Å². The van der Waals surface area contributed by atoms with Crippen LogP contribution in [0.15, 0.2) is 10.5 Å². The van der Waals surface area contributed by atoms with Crippen molar-refractivity contribution in [2.45, 2.75) is 46.1 Å². The normalized spacial score (nSPS) is 26.8. The van der Waals surface area contributed by atoms with Gasteiger partial charge in [0.15, 0.2) is 0 Å². The van der Waals surface area contributed by atoms with Crippen LogP contribution in [0.5, 0.6) is 0 Å². The van der Waals surface area contributed by atoms with E-state index in [-0.39, 0.29) is 11.8 Å². The highest BCUT2D eigenvalue weighted by Crippen LogP contribution is 2.30. The number of amides is 1. The van der Waals surface area contributed by atoms with Crippen LogP contribution in [0.4, 0.5) is 0 Å². The van der Waals surface area contributed by atoms with Crippen LogP contribution in [-0.2, 0) is 9.53 Å². The molecule has 0 unspecified atom stereocenters. The molecule has 1 aromatic rings. The number of hydrogen-bond donors (Lipinski definition) is 0. The van der Waals surface area contributed by atoms with Gasteiger partial charge in [-0.15, -0.1) is 0 Å². The molecule has 1 amide bonds. The van der Waals surface area contributed by atoms with Gasteiger partial charge in [0.2, 0.25) is 5.91 Å². The summed E-state index contributed by atoms with van der Waals surface area (Å²) in [5, 5.41) is 0. The van der Waals surface area contributed by atoms with E-state index in [1.54, 1.807) is 0 Å². The molecule has 0 N–H and O–H groups in total. The quantitative estimate of drug-likeness (QED) is 0.849. The van der Waals surface area contributed by atoms with E-state index >= 15 is 0 Å². The molecular weight excluding hydrogens is 304 g/mol. The third-order valence-electron chi connectivity index (χ3n) is 5.67. The minimum Gasteiger partial charge on any atom is -0.466 e. The van der Waals surface area contributed by atoms with Crippen LogP contribution in [0, 0.1) is 19.8 Å². The number of likely N-dealkylation sites (tertiary alicyclic amines) is 1. The molecule has 5 heteroatoms. The Morgan fingerprint density at radius 1 is 1.29 bits per heavy atom. The Labute approximate surface area is 144 Å². The molecule has 3 atom stereocenters. The van der Waals surface area contributed by atoms with E-state index in [4.69, 9.17) is 9.15 Å². The SMILES string of the molecule is CC[C@@H]1CN(C(=O)[C@H](C)c2cc(C)oc2C)C[C@H]1N1CCOCC1. The van der Waals surface area contributed by atoms with Crippen LogP contribution < -0.4 is 0 Å². The number of aryl methyl sites for hydroxylation is 2. The van der Waals surface area contributed by atoms with Crippen molar-refractivity contribution in [2.24, 2.45) is 5.92 Å². The molecule has 0 saturated carbocycles. The molecule has 0 radical (unpaired) electrons. The average molecular weight is 334 g/mol. The Hall–Kier alpha value is -1.33. The van der Waals surface area contributed by atoms with E-state index in [9.17, 15) is 4.79 Å². The van der Waals surface area contributed by atoms with Gasteiger partial charge in [0, 0.05) is 37.8 Å². The summed E-state index contributed by atoms with van der Waals surface area (Å²) in [5.41, 5.74) is 1.03. The van der Waals surface area contributed by atoms with Crippen LogP contribution in [0.2, 0.25) is 0 Å². The molecule has 2 aliphatic heterocycles. The Morgan fingerprint density at radius 3 is 2.58 bits per heavy atom. The first-order valence-electron chi connectivity index (χ1n) is 9.18. The first kappa shape index (κ1) is 17.5. The molecule has 0 aromatic carbocycles. The van der Waals surface area contributed by atoms with Crippen molar-refractivity contribution in [3.05, 3.63) is 23.2 Å². The zero-order chi connectivity index (χ0) is 17.3. The van der Waals surface area contributed by atoms with Crippen molar-refractivity contribution >= 4 is 5.91 Å². The fourth-order valence-corrected chi connectivity index (χ4v) is 4.25. The summed E-state index contributed by atoms with van der Waals surface area (Å²) in [6.07, 6.45) is 1.12. The number of morpholine rings is 1. The number of carbonyl (C=O) groups is 1. The zero-order valence-electron chi connectivity index (χ0n) is 15.4. The summed E-state index contributed by atoms with van der Waals surface area (Å²) in [5.74, 6) is 2.40. The molecule has 3 rings (SSSR count). The molecule has 5 nitrogen and oxygen atoms in total. The molecule has 0 aliphatic carbocycles. The molecule has 1 aromatic heterocycles. The second-order valence-electron chi connectivity index (χ2n) is 7.22. The first-order chi connectivity index (χ1) is 11.5. The standard InChI is InChI=1S/C19H30N2O3/c1-5-16-11-21(12-18(16)20-6-8-23-9-7-20)19(22)14(3)17-10-13(2)24-15(17)4/h10,14,16,18H,5-9,11-12H2,1-4H3/t14-,16-,18-/m1/s1. The third kappa shape index (κ3) is 3.38. The molecule has 3 heterocycles. The Kier molecular flexibility index (Phi) is 5.30. The van der Waals surface area contributed by atoms with E-state index in [2.05, 4.69) is 16.7 Å². The van der Waals surface area contributed by atoms with Gasteiger partial charge in [0.25, 0.3) is 0 Å². The first-order valence-corrected chi connectivity index (χ1v) is 9.18. The molecule has 134 valence electrons. The van der Waals surface area contributed by atoms with Gasteiger partial charge in [0.05, 0.1) is 19.1 Å². The molecule has 0 spiro atoms. The van der Waals surface area contributed by atoms with E-state index in [1.807, 2.05) is 26.8 Å². The van der Waals surface area contributed by atoms with Gasteiger partial charge in [-0.3, -0.25) is 9.69 Å². The van der Waals surface area contributed by atoms with E-state index in [1.165, 1.54) is 0 Å². The van der Waals surface area contributed by atoms with Crippen molar-refractivity contribution in [1.29, 1.82) is 0 Å². The lowest BCUT2D eigenvalue weighted by molar-refractivity contribution is -0.131. The van der Waals surface area contributed by atoms with Crippen LogP contribution in [0.25, 0.3) is 0 Å². The minimum absolute atomic E-state index is 0.136. The lowest BCUT2D eigenvalue weighted by atomic mass is 9.99. The summed E-state index contributed by atoms with van der Waals surface area (Å²) in [6, 6.07) is 2.48. The summed E-state index contributed by atoms with van der Waals surface area (Å²) < 4.78 is 11.1. The second-order valence-corrected chi connectivity index (χ2v) is 7.22. The number of rotatable bonds is 4. The lowest BCUT2D eigenvalue weighted by Gasteiger charge is -2.34. The van der Waals surface area contributed by atoms with Crippen LogP contribution in [0.1, 0.15) is 43.3 Å². The number of furan rings is 1. The Bertz CT molecular complexity index is 577. The maximum Gasteiger partial charge on any atom is 0.230 e. The molecular formula is C19H30N2O3. The predicted molar refractivity (Wildman–Crippen MR) is 93.1 cm³/mol. The Morgan fingerprint density at radius 2 is 2.00 bits per heavy atom. The smallest absolute Gasteiger partial charge is 0.230 e. The van der Waals surface area contributed by atoms with Gasteiger partial charge in [-0.25, -0.2) is 0 Å². The minimum atomic E-state index is -0.136. The summed E-state index contributed by atoms with van der Waals surface area (Å²) in [4.78, 5) is 17.6. The highest BCUT2D eigenvalue weighted by molar-refractivity contribution is 5.84. The zero-order valence-corrected chi connectivity index (χ0v) is 15.4. The van der Waals surface area contributed by atoms with Crippen molar-refractivity contribution < 1.29 is 13.9 Å². The fraction of sp³-hybridized carbons (Fsp3) is 0.737. The second kappa shape index (κ2) is 7.28. The van der Waals surface area contributed by atoms with E-state index < -0.39 is 0 Å². The monoisotopic (exact) mass is 334 g/mol. The summed E-state index contributed by atoms with van der Waals surface area (Å²) >= 11 is 0. The summed E-state index contributed by atoms with van der Waals surface area (Å²) in [6.45, 7) is 13.4. The molecule has 0 bridgehead atoms. The van der Waals surface area contributed by atoms with Gasteiger partial charge in [-0.2, -0.15) is 0 Å². The lowest BCUT2D eigenvalue weighted by Crippen LogP contribution is -2.47. The maximum absolute atomic E-state index is 13.0. The van der Waals surface area contributed by atoms with E-state index in [0.29, 0.717) is 12.0 Å². The largest absolute Gasteiger partial charge is 0.466 e. The predicted octanol–water partition coefficient (Wildman–Crippen LogP) is 2.57. The van der Waals surface area contributed by atoms with Gasteiger partial charge in [-0.1, -0.05) is 13.3 Å². The molecule has 2 aliphatic rings. The van der Waals surface area contributed by atoms with Crippen molar-refractivity contribution in [1.82, 2.24) is 9.80 Å². The van der Waals surface area contributed by atoms with Crippen molar-refractivity contribution in [3.8, 4) is 0 Å². The molecule has 2 saturated heterocycles. The number of carbonyl (C=O) groups excluding carboxylic acids is 1.